The highest BCUT2D eigenvalue weighted by atomic mass is 19.1. The van der Waals surface area contributed by atoms with Crippen LogP contribution in [0.15, 0.2) is 18.2 Å². The summed E-state index contributed by atoms with van der Waals surface area (Å²) in [7, 11) is 1.37. The van der Waals surface area contributed by atoms with E-state index in [1.165, 1.54) is 24.1 Å². The standard InChI is InChI=1S/C17H22FNO5/c1-23-15-5-4-12(9-14(15)18)10-16(20)19(7-6-17(21)22)11-13-3-2-8-24-13/h4-5,9,13H,2-3,6-8,10-11H2,1H3,(H,21,22)/t13-/m1/s1. The van der Waals surface area contributed by atoms with Gasteiger partial charge < -0.3 is 19.5 Å². The van der Waals surface area contributed by atoms with Gasteiger partial charge in [-0.05, 0) is 30.5 Å². The largest absolute Gasteiger partial charge is 0.494 e. The first-order valence-electron chi connectivity index (χ1n) is 7.93. The summed E-state index contributed by atoms with van der Waals surface area (Å²) in [6.45, 7) is 1.15. The van der Waals surface area contributed by atoms with E-state index < -0.39 is 11.8 Å². The molecule has 1 aromatic rings. The second kappa shape index (κ2) is 8.63. The van der Waals surface area contributed by atoms with Crippen LogP contribution in [0, 0.1) is 5.82 Å². The van der Waals surface area contributed by atoms with Gasteiger partial charge in [-0.1, -0.05) is 6.07 Å². The minimum Gasteiger partial charge on any atom is -0.494 e. The summed E-state index contributed by atoms with van der Waals surface area (Å²) in [6.07, 6.45) is 1.61. The van der Waals surface area contributed by atoms with E-state index in [9.17, 15) is 14.0 Å². The molecular formula is C17H22FNO5. The second-order valence-corrected chi connectivity index (χ2v) is 5.76. The average Bonchev–Trinajstić information content (AvgIpc) is 3.04. The van der Waals surface area contributed by atoms with E-state index in [-0.39, 0.29) is 37.1 Å². The van der Waals surface area contributed by atoms with E-state index in [0.29, 0.717) is 18.7 Å². The molecule has 1 saturated heterocycles. The highest BCUT2D eigenvalue weighted by Gasteiger charge is 2.23. The Labute approximate surface area is 140 Å². The van der Waals surface area contributed by atoms with Crippen molar-refractivity contribution in [2.24, 2.45) is 0 Å². The molecule has 24 heavy (non-hydrogen) atoms. The molecular weight excluding hydrogens is 317 g/mol. The van der Waals surface area contributed by atoms with Gasteiger partial charge in [0.1, 0.15) is 0 Å². The van der Waals surface area contributed by atoms with Crippen molar-refractivity contribution in [1.29, 1.82) is 0 Å². The zero-order valence-electron chi connectivity index (χ0n) is 13.7. The SMILES string of the molecule is COc1ccc(CC(=O)N(CCC(=O)O)C[C@H]2CCCO2)cc1F. The van der Waals surface area contributed by atoms with E-state index in [0.717, 1.165) is 12.8 Å². The number of carboxylic acids is 1. The Kier molecular flexibility index (Phi) is 6.54. The van der Waals surface area contributed by atoms with Crippen molar-refractivity contribution >= 4 is 11.9 Å². The summed E-state index contributed by atoms with van der Waals surface area (Å²) < 4.78 is 24.1. The van der Waals surface area contributed by atoms with Gasteiger partial charge in [0, 0.05) is 19.7 Å². The molecule has 0 bridgehead atoms. The molecule has 6 nitrogen and oxygen atoms in total. The molecule has 0 spiro atoms. The van der Waals surface area contributed by atoms with Crippen LogP contribution in [0.5, 0.6) is 5.75 Å². The number of nitrogens with zero attached hydrogens (tertiary/aromatic N) is 1. The van der Waals surface area contributed by atoms with Crippen LogP contribution in [0.1, 0.15) is 24.8 Å². The number of halogens is 1. The first kappa shape index (κ1) is 18.2. The molecule has 1 fully saturated rings. The third kappa shape index (κ3) is 5.19. The predicted molar refractivity (Wildman–Crippen MR) is 84.5 cm³/mol. The van der Waals surface area contributed by atoms with Crippen LogP contribution in [-0.4, -0.2) is 54.8 Å². The molecule has 1 aliphatic rings. The highest BCUT2D eigenvalue weighted by molar-refractivity contribution is 5.79. The van der Waals surface area contributed by atoms with Gasteiger partial charge in [0.05, 0.1) is 26.1 Å². The van der Waals surface area contributed by atoms with Crippen molar-refractivity contribution in [3.63, 3.8) is 0 Å². The van der Waals surface area contributed by atoms with Gasteiger partial charge in [0.2, 0.25) is 5.91 Å². The molecule has 1 N–H and O–H groups in total. The number of amides is 1. The van der Waals surface area contributed by atoms with Crippen LogP contribution >= 0.6 is 0 Å². The Morgan fingerprint density at radius 1 is 1.46 bits per heavy atom. The summed E-state index contributed by atoms with van der Waals surface area (Å²) in [4.78, 5) is 24.8. The number of hydrogen-bond acceptors (Lipinski definition) is 4. The molecule has 0 aliphatic carbocycles. The molecule has 1 heterocycles. The molecule has 0 radical (unpaired) electrons. The fourth-order valence-electron chi connectivity index (χ4n) is 2.69. The topological polar surface area (TPSA) is 76.1 Å². The van der Waals surface area contributed by atoms with E-state index in [2.05, 4.69) is 0 Å². The third-order valence-electron chi connectivity index (χ3n) is 3.97. The fraction of sp³-hybridized carbons (Fsp3) is 0.529. The lowest BCUT2D eigenvalue weighted by Crippen LogP contribution is -2.39. The second-order valence-electron chi connectivity index (χ2n) is 5.76. The zero-order chi connectivity index (χ0) is 17.5. The number of ether oxygens (including phenoxy) is 2. The molecule has 1 amide bonds. The fourth-order valence-corrected chi connectivity index (χ4v) is 2.69. The molecule has 1 aliphatic heterocycles. The van der Waals surface area contributed by atoms with Gasteiger partial charge >= 0.3 is 5.97 Å². The Bertz CT molecular complexity index is 586. The summed E-state index contributed by atoms with van der Waals surface area (Å²) in [6, 6.07) is 4.36. The van der Waals surface area contributed by atoms with Gasteiger partial charge in [-0.25, -0.2) is 4.39 Å². The smallest absolute Gasteiger partial charge is 0.305 e. The van der Waals surface area contributed by atoms with Crippen molar-refractivity contribution in [3.8, 4) is 5.75 Å². The minimum atomic E-state index is -0.962. The van der Waals surface area contributed by atoms with Gasteiger partial charge in [-0.2, -0.15) is 0 Å². The molecule has 0 saturated carbocycles. The summed E-state index contributed by atoms with van der Waals surface area (Å²) >= 11 is 0. The van der Waals surface area contributed by atoms with Crippen LogP contribution in [0.4, 0.5) is 4.39 Å². The van der Waals surface area contributed by atoms with Gasteiger partial charge in [-0.15, -0.1) is 0 Å². The summed E-state index contributed by atoms with van der Waals surface area (Å²) in [5.74, 6) is -1.61. The van der Waals surface area contributed by atoms with Crippen LogP contribution in [0.2, 0.25) is 0 Å². The normalized spacial score (nSPS) is 16.8. The monoisotopic (exact) mass is 339 g/mol. The molecule has 0 unspecified atom stereocenters. The number of hydrogen-bond donors (Lipinski definition) is 1. The summed E-state index contributed by atoms with van der Waals surface area (Å²) in [5.41, 5.74) is 0.519. The van der Waals surface area contributed by atoms with E-state index >= 15 is 0 Å². The lowest BCUT2D eigenvalue weighted by molar-refractivity contribution is -0.139. The van der Waals surface area contributed by atoms with E-state index in [4.69, 9.17) is 14.6 Å². The Morgan fingerprint density at radius 2 is 2.25 bits per heavy atom. The molecule has 2 rings (SSSR count). The number of aliphatic carboxylic acids is 1. The van der Waals surface area contributed by atoms with Crippen molar-refractivity contribution in [2.75, 3.05) is 26.8 Å². The molecule has 0 aromatic heterocycles. The van der Waals surface area contributed by atoms with Crippen molar-refractivity contribution < 1.29 is 28.6 Å². The number of rotatable bonds is 8. The molecule has 7 heteroatoms. The van der Waals surface area contributed by atoms with Crippen LogP contribution in [0.25, 0.3) is 0 Å². The minimum absolute atomic E-state index is 0.00720. The molecule has 1 atom stereocenters. The number of carbonyl (C=O) groups excluding carboxylic acids is 1. The third-order valence-corrected chi connectivity index (χ3v) is 3.97. The Morgan fingerprint density at radius 3 is 2.83 bits per heavy atom. The van der Waals surface area contributed by atoms with Gasteiger partial charge in [-0.3, -0.25) is 9.59 Å². The Hall–Kier alpha value is -2.15. The van der Waals surface area contributed by atoms with Crippen molar-refractivity contribution in [2.45, 2.75) is 31.8 Å². The first-order chi connectivity index (χ1) is 11.5. The van der Waals surface area contributed by atoms with Crippen LogP contribution in [0.3, 0.4) is 0 Å². The maximum atomic E-state index is 13.7. The molecule has 132 valence electrons. The maximum absolute atomic E-state index is 13.7. The van der Waals surface area contributed by atoms with Crippen molar-refractivity contribution in [1.82, 2.24) is 4.90 Å². The quantitative estimate of drug-likeness (QED) is 0.782. The number of benzene rings is 1. The predicted octanol–water partition coefficient (Wildman–Crippen LogP) is 1.86. The van der Waals surface area contributed by atoms with Crippen LogP contribution < -0.4 is 4.74 Å². The number of carboxylic acid groups (broad SMARTS) is 1. The maximum Gasteiger partial charge on any atom is 0.305 e. The van der Waals surface area contributed by atoms with Crippen LogP contribution in [-0.2, 0) is 20.7 Å². The Balaban J connectivity index is 2.02. The average molecular weight is 339 g/mol. The van der Waals surface area contributed by atoms with Gasteiger partial charge in [0.25, 0.3) is 0 Å². The number of carbonyl (C=O) groups is 2. The molecule has 1 aromatic carbocycles. The van der Waals surface area contributed by atoms with Gasteiger partial charge in [0.15, 0.2) is 11.6 Å². The first-order valence-corrected chi connectivity index (χ1v) is 7.93. The zero-order valence-corrected chi connectivity index (χ0v) is 13.7. The highest BCUT2D eigenvalue weighted by Crippen LogP contribution is 2.19. The van der Waals surface area contributed by atoms with E-state index in [1.54, 1.807) is 6.07 Å². The lowest BCUT2D eigenvalue weighted by Gasteiger charge is -2.25. The van der Waals surface area contributed by atoms with E-state index in [1.807, 2.05) is 0 Å². The number of methoxy groups -OCH3 is 1. The summed E-state index contributed by atoms with van der Waals surface area (Å²) in [5, 5.41) is 8.86. The lowest BCUT2D eigenvalue weighted by atomic mass is 10.1. The van der Waals surface area contributed by atoms with Crippen molar-refractivity contribution in [3.05, 3.63) is 29.6 Å².